The molecule has 6 nitrogen and oxygen atoms in total. The second-order valence-corrected chi connectivity index (χ2v) is 9.59. The van der Waals surface area contributed by atoms with Crippen LogP contribution in [0.4, 0.5) is 11.4 Å². The average Bonchev–Trinajstić information content (AvgIpc) is 2.76. The first-order chi connectivity index (χ1) is 15.2. The Morgan fingerprint density at radius 3 is 2.28 bits per heavy atom. The molecule has 0 aliphatic rings. The maximum atomic E-state index is 12.6. The molecule has 0 aromatic heterocycles. The zero-order valence-electron chi connectivity index (χ0n) is 16.6. The molecule has 1 amide bonds. The van der Waals surface area contributed by atoms with Gasteiger partial charge in [-0.15, -0.1) is 0 Å². The van der Waals surface area contributed by atoms with Gasteiger partial charge in [0.25, 0.3) is 10.0 Å². The fraction of sp³-hybridized carbons (Fsp3) is 0.136. The second-order valence-electron chi connectivity index (χ2n) is 6.69. The number of hydrogen-bond donors (Lipinski definition) is 2. The van der Waals surface area contributed by atoms with Crippen molar-refractivity contribution in [1.82, 2.24) is 0 Å². The van der Waals surface area contributed by atoms with E-state index in [1.165, 1.54) is 30.3 Å². The van der Waals surface area contributed by atoms with E-state index >= 15 is 0 Å². The molecule has 0 aliphatic heterocycles. The number of hydrogen-bond acceptors (Lipinski definition) is 4. The molecule has 0 bridgehead atoms. The van der Waals surface area contributed by atoms with Crippen LogP contribution in [-0.2, 0) is 14.8 Å². The van der Waals surface area contributed by atoms with Gasteiger partial charge in [0.15, 0.2) is 0 Å². The van der Waals surface area contributed by atoms with Crippen molar-refractivity contribution in [1.29, 1.82) is 0 Å². The highest BCUT2D eigenvalue weighted by Gasteiger charge is 2.17. The quantitative estimate of drug-likeness (QED) is 0.331. The van der Waals surface area contributed by atoms with E-state index in [2.05, 4.69) is 10.0 Å². The van der Waals surface area contributed by atoms with Gasteiger partial charge in [-0.25, -0.2) is 8.42 Å². The number of halogens is 3. The SMILES string of the molecule is O=C(CCCOc1ccc(Cl)cc1)Nc1ccc(S(=O)(=O)Nc2cccc(Cl)c2Cl)cc1. The molecule has 0 atom stereocenters. The van der Waals surface area contributed by atoms with Gasteiger partial charge in [-0.3, -0.25) is 9.52 Å². The summed E-state index contributed by atoms with van der Waals surface area (Å²) in [4.78, 5) is 12.1. The molecule has 0 saturated heterocycles. The Balaban J connectivity index is 1.50. The van der Waals surface area contributed by atoms with Crippen LogP contribution in [0.15, 0.2) is 71.6 Å². The van der Waals surface area contributed by atoms with Crippen LogP contribution in [-0.4, -0.2) is 20.9 Å². The van der Waals surface area contributed by atoms with Crippen LogP contribution in [0.25, 0.3) is 0 Å². The third-order valence-electron chi connectivity index (χ3n) is 4.27. The van der Waals surface area contributed by atoms with E-state index in [1.54, 1.807) is 36.4 Å². The second kappa shape index (κ2) is 10.9. The van der Waals surface area contributed by atoms with E-state index in [0.717, 1.165) is 0 Å². The van der Waals surface area contributed by atoms with Crippen LogP contribution in [0.2, 0.25) is 15.1 Å². The summed E-state index contributed by atoms with van der Waals surface area (Å²) in [6.07, 6.45) is 0.772. The van der Waals surface area contributed by atoms with Gasteiger partial charge >= 0.3 is 0 Å². The summed E-state index contributed by atoms with van der Waals surface area (Å²) >= 11 is 17.8. The summed E-state index contributed by atoms with van der Waals surface area (Å²) < 4.78 is 33.1. The topological polar surface area (TPSA) is 84.5 Å². The molecule has 32 heavy (non-hydrogen) atoms. The summed E-state index contributed by atoms with van der Waals surface area (Å²) in [5, 5.41) is 3.70. The largest absolute Gasteiger partial charge is 0.494 e. The minimum Gasteiger partial charge on any atom is -0.494 e. The molecule has 0 saturated carbocycles. The summed E-state index contributed by atoms with van der Waals surface area (Å²) in [6.45, 7) is 0.379. The number of anilines is 2. The number of carbonyl (C=O) groups excluding carboxylic acids is 1. The van der Waals surface area contributed by atoms with E-state index in [-0.39, 0.29) is 33.0 Å². The lowest BCUT2D eigenvalue weighted by Crippen LogP contribution is -2.14. The van der Waals surface area contributed by atoms with Gasteiger partial charge in [-0.05, 0) is 67.1 Å². The van der Waals surface area contributed by atoms with E-state index < -0.39 is 10.0 Å². The monoisotopic (exact) mass is 512 g/mol. The summed E-state index contributed by atoms with van der Waals surface area (Å²) in [5.41, 5.74) is 0.658. The molecule has 0 heterocycles. The van der Waals surface area contributed by atoms with E-state index in [4.69, 9.17) is 39.5 Å². The van der Waals surface area contributed by atoms with E-state index in [1.807, 2.05) is 0 Å². The smallest absolute Gasteiger partial charge is 0.261 e. The molecule has 3 rings (SSSR count). The maximum absolute atomic E-state index is 12.6. The Bertz CT molecular complexity index is 1180. The fourth-order valence-electron chi connectivity index (χ4n) is 2.68. The minimum absolute atomic E-state index is 0.0166. The first-order valence-corrected chi connectivity index (χ1v) is 12.1. The molecule has 0 radical (unpaired) electrons. The number of carbonyl (C=O) groups is 1. The predicted octanol–water partition coefficient (Wildman–Crippen LogP) is 6.25. The molecular weight excluding hydrogens is 495 g/mol. The van der Waals surface area contributed by atoms with E-state index in [9.17, 15) is 13.2 Å². The van der Waals surface area contributed by atoms with Crippen molar-refractivity contribution in [2.75, 3.05) is 16.6 Å². The lowest BCUT2D eigenvalue weighted by molar-refractivity contribution is -0.116. The molecule has 3 aromatic carbocycles. The Morgan fingerprint density at radius 2 is 1.59 bits per heavy atom. The minimum atomic E-state index is -3.88. The third-order valence-corrected chi connectivity index (χ3v) is 6.73. The highest BCUT2D eigenvalue weighted by atomic mass is 35.5. The zero-order valence-corrected chi connectivity index (χ0v) is 19.7. The Morgan fingerprint density at radius 1 is 0.906 bits per heavy atom. The zero-order chi connectivity index (χ0) is 23.1. The van der Waals surface area contributed by atoms with Gasteiger partial charge < -0.3 is 10.1 Å². The lowest BCUT2D eigenvalue weighted by Gasteiger charge is -2.11. The van der Waals surface area contributed by atoms with Gasteiger partial charge in [-0.1, -0.05) is 40.9 Å². The van der Waals surface area contributed by atoms with Gasteiger partial charge in [-0.2, -0.15) is 0 Å². The van der Waals surface area contributed by atoms with Crippen LogP contribution in [0.3, 0.4) is 0 Å². The van der Waals surface area contributed by atoms with Gasteiger partial charge in [0.2, 0.25) is 5.91 Å². The van der Waals surface area contributed by atoms with Crippen molar-refractivity contribution >= 4 is 62.1 Å². The molecule has 10 heteroatoms. The van der Waals surface area contributed by atoms with Gasteiger partial charge in [0.1, 0.15) is 5.75 Å². The number of sulfonamides is 1. The number of rotatable bonds is 9. The van der Waals surface area contributed by atoms with Crippen LogP contribution in [0.5, 0.6) is 5.75 Å². The highest BCUT2D eigenvalue weighted by Crippen LogP contribution is 2.31. The first-order valence-electron chi connectivity index (χ1n) is 9.50. The van der Waals surface area contributed by atoms with Crippen molar-refractivity contribution < 1.29 is 17.9 Å². The number of ether oxygens (including phenoxy) is 1. The molecule has 2 N–H and O–H groups in total. The molecule has 168 valence electrons. The van der Waals surface area contributed by atoms with Crippen molar-refractivity contribution in [3.63, 3.8) is 0 Å². The number of nitrogens with one attached hydrogen (secondary N) is 2. The molecule has 0 fully saturated rings. The Hall–Kier alpha value is -2.45. The van der Waals surface area contributed by atoms with Crippen molar-refractivity contribution in [2.24, 2.45) is 0 Å². The van der Waals surface area contributed by atoms with Crippen LogP contribution < -0.4 is 14.8 Å². The lowest BCUT2D eigenvalue weighted by atomic mass is 10.2. The highest BCUT2D eigenvalue weighted by molar-refractivity contribution is 7.92. The van der Waals surface area contributed by atoms with Crippen molar-refractivity contribution in [3.05, 3.63) is 81.8 Å². The van der Waals surface area contributed by atoms with Crippen LogP contribution in [0, 0.1) is 0 Å². The third kappa shape index (κ3) is 6.77. The molecule has 3 aromatic rings. The molecule has 0 spiro atoms. The van der Waals surface area contributed by atoms with Crippen molar-refractivity contribution in [3.8, 4) is 5.75 Å². The average molecular weight is 514 g/mol. The molecule has 0 unspecified atom stereocenters. The maximum Gasteiger partial charge on any atom is 0.261 e. The number of amides is 1. The number of benzene rings is 3. The van der Waals surface area contributed by atoms with Gasteiger partial charge in [0.05, 0.1) is 27.2 Å². The predicted molar refractivity (Wildman–Crippen MR) is 129 cm³/mol. The standard InChI is InChI=1S/C22H19Cl3N2O4S/c23-15-6-10-17(11-7-15)31-14-2-5-21(28)26-16-8-12-18(13-9-16)32(29,30)27-20-4-1-3-19(24)22(20)25/h1,3-4,6-13,27H,2,5,14H2,(H,26,28). The molecular formula is C22H19Cl3N2O4S. The molecule has 0 aliphatic carbocycles. The van der Waals surface area contributed by atoms with Crippen LogP contribution in [0.1, 0.15) is 12.8 Å². The summed E-state index contributed by atoms with van der Waals surface area (Å²) in [5.74, 6) is 0.475. The van der Waals surface area contributed by atoms with Gasteiger partial charge in [0, 0.05) is 17.1 Å². The first kappa shape index (κ1) is 24.2. The fourth-order valence-corrected chi connectivity index (χ4v) is 4.28. The van der Waals surface area contributed by atoms with E-state index in [0.29, 0.717) is 29.5 Å². The Kier molecular flexibility index (Phi) is 8.26. The summed E-state index contributed by atoms with van der Waals surface area (Å²) in [6, 6.07) is 17.4. The normalized spacial score (nSPS) is 11.1. The van der Waals surface area contributed by atoms with Crippen molar-refractivity contribution in [2.45, 2.75) is 17.7 Å². The van der Waals surface area contributed by atoms with Crippen LogP contribution >= 0.6 is 34.8 Å². The Labute approximate surface area is 201 Å². The summed E-state index contributed by atoms with van der Waals surface area (Å²) in [7, 11) is -3.88.